The molecular formula is C23H32N4+2. The van der Waals surface area contributed by atoms with Gasteiger partial charge < -0.3 is 9.80 Å². The average Bonchev–Trinajstić information content (AvgIpc) is 3.16. The van der Waals surface area contributed by atoms with Crippen LogP contribution in [0.25, 0.3) is 0 Å². The predicted molar refractivity (Wildman–Crippen MR) is 108 cm³/mol. The van der Waals surface area contributed by atoms with Crippen molar-refractivity contribution < 1.29 is 9.13 Å². The summed E-state index contributed by atoms with van der Waals surface area (Å²) < 4.78 is 4.76. The lowest BCUT2D eigenvalue weighted by atomic mass is 10.3. The third-order valence-corrected chi connectivity index (χ3v) is 6.65. The fourth-order valence-electron chi connectivity index (χ4n) is 4.81. The zero-order chi connectivity index (χ0) is 18.1. The molecule has 2 aromatic heterocycles. The van der Waals surface area contributed by atoms with Gasteiger partial charge in [-0.3, -0.25) is 0 Å². The van der Waals surface area contributed by atoms with Crippen LogP contribution in [0.15, 0.2) is 49.1 Å². The Labute approximate surface area is 163 Å². The molecule has 3 aliphatic rings. The summed E-state index contributed by atoms with van der Waals surface area (Å²) in [5, 5.41) is 0. The number of hydrogen-bond acceptors (Lipinski definition) is 2. The topological polar surface area (TPSA) is 14.2 Å². The summed E-state index contributed by atoms with van der Waals surface area (Å²) in [5.41, 5.74) is 2.79. The van der Waals surface area contributed by atoms with Crippen molar-refractivity contribution in [2.45, 2.75) is 45.2 Å². The van der Waals surface area contributed by atoms with Crippen LogP contribution in [-0.4, -0.2) is 26.2 Å². The van der Waals surface area contributed by atoms with Crippen molar-refractivity contribution in [2.75, 3.05) is 36.0 Å². The fourth-order valence-corrected chi connectivity index (χ4v) is 4.81. The third kappa shape index (κ3) is 3.95. The number of pyridine rings is 2. The highest BCUT2D eigenvalue weighted by Gasteiger charge is 2.42. The second-order valence-electron chi connectivity index (χ2n) is 8.65. The number of aromatic nitrogens is 2. The van der Waals surface area contributed by atoms with E-state index in [1.807, 2.05) is 0 Å². The number of rotatable bonds is 6. The highest BCUT2D eigenvalue weighted by Crippen LogP contribution is 2.38. The first-order valence-corrected chi connectivity index (χ1v) is 10.8. The van der Waals surface area contributed by atoms with Crippen LogP contribution in [-0.2, 0) is 13.1 Å². The van der Waals surface area contributed by atoms with Crippen LogP contribution in [0, 0.1) is 11.8 Å². The van der Waals surface area contributed by atoms with E-state index < -0.39 is 0 Å². The summed E-state index contributed by atoms with van der Waals surface area (Å²) in [6.07, 6.45) is 15.8. The van der Waals surface area contributed by atoms with Crippen LogP contribution in [0.2, 0.25) is 0 Å². The van der Waals surface area contributed by atoms with Gasteiger partial charge in [0.2, 0.25) is 0 Å². The predicted octanol–water partition coefficient (Wildman–Crippen LogP) is 2.80. The second-order valence-corrected chi connectivity index (χ2v) is 8.65. The van der Waals surface area contributed by atoms with Crippen LogP contribution in [0.4, 0.5) is 11.4 Å². The maximum absolute atomic E-state index is 2.51. The highest BCUT2D eigenvalue weighted by molar-refractivity contribution is 5.45. The molecule has 2 aromatic rings. The molecule has 1 saturated carbocycles. The van der Waals surface area contributed by atoms with Gasteiger partial charge >= 0.3 is 0 Å². The van der Waals surface area contributed by atoms with Crippen molar-refractivity contribution in [3.8, 4) is 0 Å². The molecule has 0 radical (unpaired) electrons. The molecule has 3 fully saturated rings. The van der Waals surface area contributed by atoms with Crippen LogP contribution in [0.5, 0.6) is 0 Å². The molecule has 142 valence electrons. The summed E-state index contributed by atoms with van der Waals surface area (Å²) >= 11 is 0. The zero-order valence-corrected chi connectivity index (χ0v) is 16.3. The van der Waals surface area contributed by atoms with E-state index in [-0.39, 0.29) is 0 Å². The standard InChI is InChI=1S/C23H32N4/c1-2-10-26(9-1)22-5-13-24(14-6-22)18-20-17-21(20)19-25-15-7-23(8-16-25)27-11-3-4-12-27/h5-8,13-16,20-21H,1-4,9-12,17-19H2/q+2. The molecule has 0 bridgehead atoms. The number of hydrogen-bond donors (Lipinski definition) is 0. The molecule has 4 heterocycles. The Balaban J connectivity index is 1.12. The lowest BCUT2D eigenvalue weighted by molar-refractivity contribution is -0.709. The van der Waals surface area contributed by atoms with Gasteiger partial charge in [-0.25, -0.2) is 9.13 Å². The molecule has 0 spiro atoms. The van der Waals surface area contributed by atoms with E-state index in [0.29, 0.717) is 0 Å². The third-order valence-electron chi connectivity index (χ3n) is 6.65. The van der Waals surface area contributed by atoms with Crippen molar-refractivity contribution >= 4 is 11.4 Å². The average molecular weight is 365 g/mol. The molecule has 2 atom stereocenters. The van der Waals surface area contributed by atoms with Crippen molar-refractivity contribution in [1.82, 2.24) is 0 Å². The Hall–Kier alpha value is -2.10. The van der Waals surface area contributed by atoms with Crippen LogP contribution in [0.1, 0.15) is 32.1 Å². The quantitative estimate of drug-likeness (QED) is 0.732. The first-order chi connectivity index (χ1) is 13.3. The molecule has 0 amide bonds. The van der Waals surface area contributed by atoms with E-state index in [1.165, 1.54) is 69.7 Å². The lowest BCUT2D eigenvalue weighted by Crippen LogP contribution is -2.37. The number of anilines is 2. The van der Waals surface area contributed by atoms with Gasteiger partial charge in [0, 0.05) is 73.7 Å². The maximum atomic E-state index is 2.51. The molecule has 5 rings (SSSR count). The summed E-state index contributed by atoms with van der Waals surface area (Å²) in [6, 6.07) is 9.20. The number of nitrogens with zero attached hydrogens (tertiary/aromatic N) is 4. The first-order valence-electron chi connectivity index (χ1n) is 10.8. The zero-order valence-electron chi connectivity index (χ0n) is 16.3. The van der Waals surface area contributed by atoms with E-state index in [1.54, 1.807) is 0 Å². The fraction of sp³-hybridized carbons (Fsp3) is 0.565. The van der Waals surface area contributed by atoms with Gasteiger partial charge in [0.05, 0.1) is 0 Å². The van der Waals surface area contributed by atoms with Crippen LogP contribution >= 0.6 is 0 Å². The first kappa shape index (κ1) is 17.0. The lowest BCUT2D eigenvalue weighted by Gasteiger charge is -2.16. The summed E-state index contributed by atoms with van der Waals surface area (Å²) in [6.45, 7) is 7.23. The summed E-state index contributed by atoms with van der Waals surface area (Å²) in [5.74, 6) is 1.66. The molecule has 0 aromatic carbocycles. The molecule has 4 heteroatoms. The maximum Gasteiger partial charge on any atom is 0.170 e. The smallest absolute Gasteiger partial charge is 0.170 e. The molecular weight excluding hydrogens is 332 g/mol. The van der Waals surface area contributed by atoms with Crippen LogP contribution in [0.3, 0.4) is 0 Å². The summed E-state index contributed by atoms with van der Waals surface area (Å²) in [4.78, 5) is 5.01. The minimum absolute atomic E-state index is 0.832. The van der Waals surface area contributed by atoms with E-state index in [9.17, 15) is 0 Å². The monoisotopic (exact) mass is 364 g/mol. The van der Waals surface area contributed by atoms with E-state index in [2.05, 4.69) is 68.0 Å². The van der Waals surface area contributed by atoms with Crippen molar-refractivity contribution in [1.29, 1.82) is 0 Å². The van der Waals surface area contributed by atoms with Gasteiger partial charge in [-0.05, 0) is 32.1 Å². The van der Waals surface area contributed by atoms with Gasteiger partial charge in [-0.15, -0.1) is 0 Å². The van der Waals surface area contributed by atoms with Crippen molar-refractivity contribution in [3.63, 3.8) is 0 Å². The van der Waals surface area contributed by atoms with Gasteiger partial charge in [-0.2, -0.15) is 0 Å². The van der Waals surface area contributed by atoms with E-state index in [0.717, 1.165) is 24.9 Å². The van der Waals surface area contributed by atoms with Gasteiger partial charge in [0.1, 0.15) is 0 Å². The highest BCUT2D eigenvalue weighted by atomic mass is 15.2. The summed E-state index contributed by atoms with van der Waals surface area (Å²) in [7, 11) is 0. The minimum atomic E-state index is 0.832. The molecule has 4 nitrogen and oxygen atoms in total. The Morgan fingerprint density at radius 3 is 1.37 bits per heavy atom. The van der Waals surface area contributed by atoms with Gasteiger partial charge in [-0.1, -0.05) is 0 Å². The van der Waals surface area contributed by atoms with E-state index in [4.69, 9.17) is 0 Å². The largest absolute Gasteiger partial charge is 0.371 e. The Bertz CT molecular complexity index is 677. The molecule has 2 unspecified atom stereocenters. The van der Waals surface area contributed by atoms with Gasteiger partial charge in [0.25, 0.3) is 0 Å². The van der Waals surface area contributed by atoms with E-state index >= 15 is 0 Å². The normalized spacial score (nSPS) is 24.6. The Morgan fingerprint density at radius 2 is 1.00 bits per heavy atom. The van der Waals surface area contributed by atoms with Crippen molar-refractivity contribution in [3.05, 3.63) is 49.1 Å². The molecule has 27 heavy (non-hydrogen) atoms. The molecule has 0 N–H and O–H groups in total. The minimum Gasteiger partial charge on any atom is -0.371 e. The van der Waals surface area contributed by atoms with Crippen LogP contribution < -0.4 is 18.9 Å². The van der Waals surface area contributed by atoms with Crippen molar-refractivity contribution in [2.24, 2.45) is 11.8 Å². The Kier molecular flexibility index (Phi) is 4.73. The molecule has 2 aliphatic heterocycles. The second kappa shape index (κ2) is 7.49. The molecule has 2 saturated heterocycles. The Morgan fingerprint density at radius 1 is 0.630 bits per heavy atom. The van der Waals surface area contributed by atoms with Gasteiger partial charge in [0.15, 0.2) is 37.9 Å². The molecule has 1 aliphatic carbocycles. The SMILES string of the molecule is c1c[n+](CC2CC2C[n+]2ccc(N3CCCC3)cc2)ccc1N1CCCC1.